The van der Waals surface area contributed by atoms with Crippen LogP contribution in [-0.2, 0) is 37.6 Å². The molecule has 408 valence electrons. The molecule has 0 bridgehead atoms. The first-order valence-electron chi connectivity index (χ1n) is 27.6. The van der Waals surface area contributed by atoms with E-state index in [4.69, 9.17) is 14.8 Å². The first-order valence-corrected chi connectivity index (χ1v) is 27.6. The van der Waals surface area contributed by atoms with E-state index in [0.29, 0.717) is 36.0 Å². The number of likely N-dealkylation sites (N-methyl/N-ethyl adjacent to an activating group) is 2. The molecule has 2 amide bonds. The molecule has 2 aromatic carbocycles. The second-order valence-electron chi connectivity index (χ2n) is 21.6. The molecule has 0 spiro atoms. The fourth-order valence-electron chi connectivity index (χ4n) is 11.1. The molecular formula is C59H69N17O3. The molecule has 0 saturated carbocycles. The van der Waals surface area contributed by atoms with Crippen LogP contribution in [-0.4, -0.2) is 205 Å². The average molecular weight is 1060 g/mol. The van der Waals surface area contributed by atoms with E-state index in [9.17, 15) is 9.59 Å². The number of carbonyl (C=O) groups excluding carboxylic acids is 2. The van der Waals surface area contributed by atoms with Crippen LogP contribution in [0.25, 0.3) is 44.1 Å². The van der Waals surface area contributed by atoms with E-state index in [-0.39, 0.29) is 11.8 Å². The topological polar surface area (TPSA) is 188 Å². The number of carbonyl (C=O) groups is 2. The van der Waals surface area contributed by atoms with E-state index in [1.165, 1.54) is 5.56 Å². The van der Waals surface area contributed by atoms with Crippen molar-refractivity contribution < 1.29 is 14.3 Å². The Morgan fingerprint density at radius 2 is 1.01 bits per heavy atom. The summed E-state index contributed by atoms with van der Waals surface area (Å²) in [7, 11) is 4.34. The van der Waals surface area contributed by atoms with Gasteiger partial charge in [-0.25, -0.2) is 4.68 Å². The molecule has 4 aliphatic rings. The van der Waals surface area contributed by atoms with E-state index < -0.39 is 0 Å². The van der Waals surface area contributed by atoms with Crippen molar-refractivity contribution in [2.24, 2.45) is 0 Å². The Kier molecular flexibility index (Phi) is 15.8. The number of hydrogen-bond donors (Lipinski definition) is 3. The van der Waals surface area contributed by atoms with Crippen LogP contribution in [0.15, 0.2) is 110 Å². The average Bonchev–Trinajstić information content (AvgIpc) is 4.21. The molecule has 20 heteroatoms. The van der Waals surface area contributed by atoms with Crippen molar-refractivity contribution in [3.8, 4) is 22.3 Å². The molecule has 12 rings (SSSR count). The highest BCUT2D eigenvalue weighted by atomic mass is 16.5. The summed E-state index contributed by atoms with van der Waals surface area (Å²) in [6.07, 6.45) is 11.1. The van der Waals surface area contributed by atoms with E-state index in [1.807, 2.05) is 71.9 Å². The molecule has 4 fully saturated rings. The Morgan fingerprint density at radius 3 is 1.58 bits per heavy atom. The maximum atomic E-state index is 14.3. The minimum atomic E-state index is -0.310. The maximum absolute atomic E-state index is 14.3. The number of piperazine rings is 3. The zero-order valence-corrected chi connectivity index (χ0v) is 45.2. The summed E-state index contributed by atoms with van der Waals surface area (Å²) in [6, 6.07) is 24.5. The van der Waals surface area contributed by atoms with Crippen LogP contribution < -0.4 is 10.6 Å². The van der Waals surface area contributed by atoms with Gasteiger partial charge in [0, 0.05) is 164 Å². The monoisotopic (exact) mass is 1060 g/mol. The normalized spacial score (nSPS) is 17.9. The Morgan fingerprint density at radius 1 is 0.506 bits per heavy atom. The molecule has 4 saturated heterocycles. The van der Waals surface area contributed by atoms with Crippen molar-refractivity contribution in [1.29, 1.82) is 0 Å². The number of rotatable bonds is 16. The standard InChI is InChI=1S/C59H69N17O3/c1-69-11-15-71(16-12-69)37-42-27-46(33-60-31-42)44-3-9-54-52(29-44)56(67-66-54)58(77)64-48-5-7-50(62-35-48)39-73-19-21-75(22-20-73)41-76-55-10-4-45(47-28-43(32-61-34-47)38-72-17-13-70(2)14-18-72)30-53(55)57(68-76)59(78)65-49-6-8-51(63-36-49)40-74-23-25-79-26-24-74/h3-10,27-36H,11-26,37-41H2,1-2H3,(H,64,77)(H,65,78)(H,66,67). The molecule has 0 unspecified atom stereocenters. The second-order valence-corrected chi connectivity index (χ2v) is 21.6. The van der Waals surface area contributed by atoms with Crippen molar-refractivity contribution >= 4 is 45.0 Å². The number of aromatic nitrogens is 8. The number of nitrogens with one attached hydrogen (secondary N) is 3. The number of hydrogen-bond acceptors (Lipinski definition) is 16. The molecule has 3 N–H and O–H groups in total. The third-order valence-corrected chi connectivity index (χ3v) is 15.8. The van der Waals surface area contributed by atoms with Gasteiger partial charge in [-0.2, -0.15) is 10.2 Å². The number of aromatic amines is 1. The van der Waals surface area contributed by atoms with Gasteiger partial charge in [-0.1, -0.05) is 12.1 Å². The second kappa shape index (κ2) is 23.9. The van der Waals surface area contributed by atoms with Gasteiger partial charge >= 0.3 is 0 Å². The van der Waals surface area contributed by atoms with Gasteiger partial charge in [0.05, 0.1) is 66.1 Å². The van der Waals surface area contributed by atoms with Gasteiger partial charge in [0.15, 0.2) is 11.4 Å². The van der Waals surface area contributed by atoms with Crippen LogP contribution in [0.2, 0.25) is 0 Å². The summed E-state index contributed by atoms with van der Waals surface area (Å²) >= 11 is 0. The summed E-state index contributed by atoms with van der Waals surface area (Å²) in [5, 5.41) is 20.1. The van der Waals surface area contributed by atoms with Crippen molar-refractivity contribution in [2.75, 3.05) is 130 Å². The van der Waals surface area contributed by atoms with E-state index >= 15 is 0 Å². The fourth-order valence-corrected chi connectivity index (χ4v) is 11.1. The van der Waals surface area contributed by atoms with Gasteiger partial charge in [-0.05, 0) is 97.0 Å². The van der Waals surface area contributed by atoms with Gasteiger partial charge in [0.2, 0.25) is 0 Å². The highest BCUT2D eigenvalue weighted by molar-refractivity contribution is 6.12. The van der Waals surface area contributed by atoms with Crippen LogP contribution in [0.5, 0.6) is 0 Å². The number of anilines is 2. The van der Waals surface area contributed by atoms with Crippen LogP contribution in [0.4, 0.5) is 11.4 Å². The highest BCUT2D eigenvalue weighted by Crippen LogP contribution is 2.30. The predicted octanol–water partition coefficient (Wildman–Crippen LogP) is 5.43. The minimum Gasteiger partial charge on any atom is -0.379 e. The molecular weight excluding hydrogens is 995 g/mol. The lowest BCUT2D eigenvalue weighted by molar-refractivity contribution is 0.0336. The Hall–Kier alpha value is -7.40. The lowest BCUT2D eigenvalue weighted by Gasteiger charge is -2.34. The number of ether oxygens (including phenoxy) is 1. The lowest BCUT2D eigenvalue weighted by atomic mass is 10.0. The molecule has 6 aromatic heterocycles. The number of morpholine rings is 1. The molecule has 20 nitrogen and oxygen atoms in total. The van der Waals surface area contributed by atoms with Crippen molar-refractivity contribution in [1.82, 2.24) is 74.2 Å². The van der Waals surface area contributed by atoms with Gasteiger partial charge in [0.25, 0.3) is 11.8 Å². The molecule has 4 aliphatic heterocycles. The zero-order chi connectivity index (χ0) is 53.7. The van der Waals surface area contributed by atoms with Crippen LogP contribution >= 0.6 is 0 Å². The van der Waals surface area contributed by atoms with Crippen LogP contribution in [0.3, 0.4) is 0 Å². The minimum absolute atomic E-state index is 0.288. The summed E-state index contributed by atoms with van der Waals surface area (Å²) in [4.78, 5) is 63.4. The largest absolute Gasteiger partial charge is 0.379 e. The third-order valence-electron chi connectivity index (χ3n) is 15.8. The third kappa shape index (κ3) is 12.7. The van der Waals surface area contributed by atoms with Gasteiger partial charge in [-0.3, -0.25) is 59.1 Å². The molecule has 0 atom stereocenters. The summed E-state index contributed by atoms with van der Waals surface area (Å²) in [5.41, 5.74) is 11.7. The predicted molar refractivity (Wildman–Crippen MR) is 305 cm³/mol. The number of fused-ring (bicyclic) bond motifs is 2. The molecule has 79 heavy (non-hydrogen) atoms. The smallest absolute Gasteiger partial charge is 0.276 e. The highest BCUT2D eigenvalue weighted by Gasteiger charge is 2.25. The van der Waals surface area contributed by atoms with E-state index in [0.717, 1.165) is 185 Å². The van der Waals surface area contributed by atoms with Gasteiger partial charge in [-0.15, -0.1) is 0 Å². The van der Waals surface area contributed by atoms with Crippen LogP contribution in [0, 0.1) is 0 Å². The van der Waals surface area contributed by atoms with E-state index in [2.05, 4.69) is 115 Å². The maximum Gasteiger partial charge on any atom is 0.276 e. The molecule has 8 aromatic rings. The number of nitrogens with zero attached hydrogens (tertiary/aromatic N) is 14. The quantitative estimate of drug-likeness (QED) is 0.111. The van der Waals surface area contributed by atoms with Crippen LogP contribution in [0.1, 0.15) is 43.5 Å². The SMILES string of the molecule is CN1CCN(Cc2cncc(-c3ccc4[nH]nc(C(=O)Nc5ccc(CN6CCN(Cn7nc(C(=O)Nc8ccc(CN9CCOCC9)nc8)c8cc(-c9cncc(CN%10CCN(C)CC%10)c9)ccc87)CC6)nc5)c4c3)c2)CC1. The number of H-pyrrole nitrogens is 1. The summed E-state index contributed by atoms with van der Waals surface area (Å²) in [5.74, 6) is -0.597. The molecule has 10 heterocycles. The van der Waals surface area contributed by atoms with Gasteiger partial charge < -0.3 is 25.2 Å². The first-order chi connectivity index (χ1) is 38.7. The number of pyridine rings is 4. The Labute approximate surface area is 460 Å². The lowest BCUT2D eigenvalue weighted by Crippen LogP contribution is -2.46. The molecule has 0 radical (unpaired) electrons. The molecule has 0 aliphatic carbocycles. The summed E-state index contributed by atoms with van der Waals surface area (Å²) < 4.78 is 7.47. The van der Waals surface area contributed by atoms with Crippen molar-refractivity contribution in [2.45, 2.75) is 32.8 Å². The number of benzene rings is 2. The van der Waals surface area contributed by atoms with E-state index in [1.54, 1.807) is 12.4 Å². The van der Waals surface area contributed by atoms with Gasteiger partial charge in [0.1, 0.15) is 0 Å². The first kappa shape index (κ1) is 52.3. The van der Waals surface area contributed by atoms with Crippen molar-refractivity contribution in [3.63, 3.8) is 0 Å². The Balaban J connectivity index is 0.685. The Bertz CT molecular complexity index is 3390. The van der Waals surface area contributed by atoms with Crippen molar-refractivity contribution in [3.05, 3.63) is 144 Å². The summed E-state index contributed by atoms with van der Waals surface area (Å²) in [6.45, 7) is 18.5. The number of amides is 2. The fraction of sp³-hybridized carbons (Fsp3) is 0.390. The zero-order valence-electron chi connectivity index (χ0n) is 45.2.